The van der Waals surface area contributed by atoms with Gasteiger partial charge in [-0.25, -0.2) is 0 Å². The standard InChI is InChI=1S/C23H28N4O4/c1-16-7-6-8-18(15-16)23(30)27-14-13-26(21(27)20(28)25-12-11-24)22(29)17(2)31-19-9-4-3-5-10-19/h3-10,15,17,21H,11-14,24H2,1-2H3,(H,25,28). The van der Waals surface area contributed by atoms with Gasteiger partial charge >= 0.3 is 0 Å². The van der Waals surface area contributed by atoms with Gasteiger partial charge in [-0.1, -0.05) is 35.9 Å². The second kappa shape index (κ2) is 10.1. The lowest BCUT2D eigenvalue weighted by Gasteiger charge is -2.30. The molecule has 0 aliphatic carbocycles. The van der Waals surface area contributed by atoms with Crippen molar-refractivity contribution in [2.45, 2.75) is 26.1 Å². The highest BCUT2D eigenvalue weighted by Crippen LogP contribution is 2.21. The van der Waals surface area contributed by atoms with Crippen molar-refractivity contribution in [2.75, 3.05) is 26.2 Å². The Morgan fingerprint density at radius 2 is 1.81 bits per heavy atom. The van der Waals surface area contributed by atoms with Crippen molar-refractivity contribution < 1.29 is 19.1 Å². The smallest absolute Gasteiger partial charge is 0.265 e. The van der Waals surface area contributed by atoms with E-state index in [4.69, 9.17) is 10.5 Å². The van der Waals surface area contributed by atoms with E-state index in [1.807, 2.05) is 31.2 Å². The Bertz CT molecular complexity index is 934. The molecule has 0 bridgehead atoms. The Balaban J connectivity index is 1.82. The zero-order valence-electron chi connectivity index (χ0n) is 17.8. The summed E-state index contributed by atoms with van der Waals surface area (Å²) >= 11 is 0. The third-order valence-corrected chi connectivity index (χ3v) is 5.06. The summed E-state index contributed by atoms with van der Waals surface area (Å²) in [6.07, 6.45) is -1.88. The van der Waals surface area contributed by atoms with Crippen LogP contribution in [0.4, 0.5) is 0 Å². The quantitative estimate of drug-likeness (QED) is 0.694. The molecule has 1 aliphatic heterocycles. The van der Waals surface area contributed by atoms with Crippen molar-refractivity contribution in [3.05, 3.63) is 65.7 Å². The molecule has 0 aromatic heterocycles. The van der Waals surface area contributed by atoms with Gasteiger partial charge in [0.2, 0.25) is 0 Å². The van der Waals surface area contributed by atoms with Crippen LogP contribution in [0.15, 0.2) is 54.6 Å². The van der Waals surface area contributed by atoms with E-state index in [0.29, 0.717) is 11.3 Å². The van der Waals surface area contributed by atoms with Crippen LogP contribution in [0.5, 0.6) is 5.75 Å². The van der Waals surface area contributed by atoms with Crippen LogP contribution in [0.3, 0.4) is 0 Å². The molecule has 2 aromatic rings. The maximum atomic E-state index is 13.2. The Morgan fingerprint density at radius 1 is 1.10 bits per heavy atom. The van der Waals surface area contributed by atoms with Crippen LogP contribution in [-0.4, -0.2) is 66.0 Å². The number of rotatable bonds is 7. The molecule has 3 rings (SSSR count). The number of carbonyl (C=O) groups is 3. The number of hydrogen-bond acceptors (Lipinski definition) is 5. The van der Waals surface area contributed by atoms with Crippen molar-refractivity contribution in [2.24, 2.45) is 5.73 Å². The average Bonchev–Trinajstić information content (AvgIpc) is 3.22. The monoisotopic (exact) mass is 424 g/mol. The molecule has 2 unspecified atom stereocenters. The number of nitrogens with zero attached hydrogens (tertiary/aromatic N) is 2. The van der Waals surface area contributed by atoms with Gasteiger partial charge in [0, 0.05) is 31.7 Å². The maximum absolute atomic E-state index is 13.2. The number of carbonyl (C=O) groups excluding carboxylic acids is 3. The second-order valence-electron chi connectivity index (χ2n) is 7.43. The number of nitrogens with one attached hydrogen (secondary N) is 1. The van der Waals surface area contributed by atoms with Crippen LogP contribution in [0.1, 0.15) is 22.8 Å². The molecule has 8 heteroatoms. The van der Waals surface area contributed by atoms with E-state index >= 15 is 0 Å². The highest BCUT2D eigenvalue weighted by Gasteiger charge is 2.44. The molecular weight excluding hydrogens is 396 g/mol. The van der Waals surface area contributed by atoms with Crippen molar-refractivity contribution in [1.82, 2.24) is 15.1 Å². The van der Waals surface area contributed by atoms with Gasteiger partial charge in [-0.15, -0.1) is 0 Å². The van der Waals surface area contributed by atoms with Crippen LogP contribution >= 0.6 is 0 Å². The lowest BCUT2D eigenvalue weighted by atomic mass is 10.1. The normalized spacial score (nSPS) is 16.7. The van der Waals surface area contributed by atoms with Crippen molar-refractivity contribution in [1.29, 1.82) is 0 Å². The molecule has 1 fully saturated rings. The Kier molecular flexibility index (Phi) is 7.25. The third kappa shape index (κ3) is 5.21. The first kappa shape index (κ1) is 22.3. The summed E-state index contributed by atoms with van der Waals surface area (Å²) < 4.78 is 5.75. The van der Waals surface area contributed by atoms with Gasteiger partial charge in [-0.2, -0.15) is 0 Å². The predicted molar refractivity (Wildman–Crippen MR) is 116 cm³/mol. The molecule has 2 aromatic carbocycles. The third-order valence-electron chi connectivity index (χ3n) is 5.06. The van der Waals surface area contributed by atoms with Gasteiger partial charge in [0.1, 0.15) is 5.75 Å². The molecule has 3 amide bonds. The van der Waals surface area contributed by atoms with Crippen molar-refractivity contribution in [3.63, 3.8) is 0 Å². The SMILES string of the molecule is Cc1cccc(C(=O)N2CCN(C(=O)C(C)Oc3ccccc3)C2C(=O)NCCN)c1. The van der Waals surface area contributed by atoms with Gasteiger partial charge in [0.05, 0.1) is 0 Å². The summed E-state index contributed by atoms with van der Waals surface area (Å²) in [5.41, 5.74) is 6.92. The molecule has 1 aliphatic rings. The molecule has 1 saturated heterocycles. The number of para-hydroxylation sites is 1. The number of ether oxygens (including phenoxy) is 1. The summed E-state index contributed by atoms with van der Waals surface area (Å²) in [5, 5.41) is 2.70. The van der Waals surface area contributed by atoms with Crippen molar-refractivity contribution in [3.8, 4) is 5.75 Å². The minimum Gasteiger partial charge on any atom is -0.481 e. The highest BCUT2D eigenvalue weighted by molar-refractivity contribution is 5.99. The molecule has 1 heterocycles. The van der Waals surface area contributed by atoms with E-state index in [1.54, 1.807) is 37.3 Å². The van der Waals surface area contributed by atoms with E-state index < -0.39 is 18.2 Å². The molecular formula is C23H28N4O4. The van der Waals surface area contributed by atoms with Crippen LogP contribution < -0.4 is 15.8 Å². The predicted octanol–water partition coefficient (Wildman–Crippen LogP) is 1.15. The zero-order valence-corrected chi connectivity index (χ0v) is 17.8. The molecule has 0 radical (unpaired) electrons. The second-order valence-corrected chi connectivity index (χ2v) is 7.43. The Hall–Kier alpha value is -3.39. The largest absolute Gasteiger partial charge is 0.481 e. The van der Waals surface area contributed by atoms with E-state index in [9.17, 15) is 14.4 Å². The van der Waals surface area contributed by atoms with E-state index in [2.05, 4.69) is 5.32 Å². The van der Waals surface area contributed by atoms with Crippen LogP contribution in [0.25, 0.3) is 0 Å². The molecule has 0 saturated carbocycles. The molecule has 3 N–H and O–H groups in total. The lowest BCUT2D eigenvalue weighted by Crippen LogP contribution is -2.56. The fraction of sp³-hybridized carbons (Fsp3) is 0.348. The fourth-order valence-corrected chi connectivity index (χ4v) is 3.57. The molecule has 8 nitrogen and oxygen atoms in total. The van der Waals surface area contributed by atoms with E-state index in [-0.39, 0.29) is 38.0 Å². The summed E-state index contributed by atoms with van der Waals surface area (Å²) in [7, 11) is 0. The van der Waals surface area contributed by atoms with E-state index in [1.165, 1.54) is 9.80 Å². The first-order valence-electron chi connectivity index (χ1n) is 10.3. The summed E-state index contributed by atoms with van der Waals surface area (Å²) in [5.74, 6) is -0.552. The maximum Gasteiger partial charge on any atom is 0.265 e. The summed E-state index contributed by atoms with van der Waals surface area (Å²) in [4.78, 5) is 42.1. The van der Waals surface area contributed by atoms with Crippen molar-refractivity contribution >= 4 is 17.7 Å². The summed E-state index contributed by atoms with van der Waals surface area (Å²) in [6, 6.07) is 16.2. The van der Waals surface area contributed by atoms with Gasteiger partial charge in [-0.3, -0.25) is 14.4 Å². The number of benzene rings is 2. The molecule has 2 atom stereocenters. The first-order valence-corrected chi connectivity index (χ1v) is 10.3. The average molecular weight is 425 g/mol. The molecule has 0 spiro atoms. The zero-order chi connectivity index (χ0) is 22.4. The Labute approximate surface area is 182 Å². The number of hydrogen-bond donors (Lipinski definition) is 2. The van der Waals surface area contributed by atoms with Crippen LogP contribution in [0.2, 0.25) is 0 Å². The molecule has 164 valence electrons. The Morgan fingerprint density at radius 3 is 2.48 bits per heavy atom. The van der Waals surface area contributed by atoms with Gasteiger partial charge in [0.25, 0.3) is 17.7 Å². The van der Waals surface area contributed by atoms with Gasteiger partial charge < -0.3 is 25.6 Å². The lowest BCUT2D eigenvalue weighted by molar-refractivity contribution is -0.145. The van der Waals surface area contributed by atoms with E-state index in [0.717, 1.165) is 5.56 Å². The van der Waals surface area contributed by atoms with Gasteiger partial charge in [0.15, 0.2) is 12.3 Å². The number of nitrogens with two attached hydrogens (primary N) is 1. The number of amides is 3. The first-order chi connectivity index (χ1) is 14.9. The van der Waals surface area contributed by atoms with Crippen LogP contribution in [0, 0.1) is 6.92 Å². The summed E-state index contributed by atoms with van der Waals surface area (Å²) in [6.45, 7) is 4.52. The van der Waals surface area contributed by atoms with Gasteiger partial charge in [-0.05, 0) is 38.1 Å². The molecule has 31 heavy (non-hydrogen) atoms. The minimum atomic E-state index is -1.06. The topological polar surface area (TPSA) is 105 Å². The number of aryl methyl sites for hydroxylation is 1. The highest BCUT2D eigenvalue weighted by atomic mass is 16.5. The minimum absolute atomic E-state index is 0.236. The fourth-order valence-electron chi connectivity index (χ4n) is 3.57. The van der Waals surface area contributed by atoms with Crippen LogP contribution in [-0.2, 0) is 9.59 Å².